The van der Waals surface area contributed by atoms with Crippen LogP contribution in [0.1, 0.15) is 31.9 Å². The van der Waals surface area contributed by atoms with E-state index in [0.717, 1.165) is 12.0 Å². The third-order valence-electron chi connectivity index (χ3n) is 3.43. The van der Waals surface area contributed by atoms with Gasteiger partial charge in [0, 0.05) is 6.04 Å². The number of hydrogen-bond donors (Lipinski definition) is 1. The maximum Gasteiger partial charge on any atom is 0.165 e. The van der Waals surface area contributed by atoms with Crippen LogP contribution in [0.15, 0.2) is 18.2 Å². The molecule has 0 aliphatic heterocycles. The van der Waals surface area contributed by atoms with Crippen molar-refractivity contribution in [2.24, 2.45) is 11.7 Å². The molecule has 0 spiro atoms. The van der Waals surface area contributed by atoms with Gasteiger partial charge in [-0.3, -0.25) is 0 Å². The monoisotopic (exact) mass is 268 g/mol. The number of halogens is 1. The number of nitrogens with two attached hydrogens (primary N) is 1. The Kier molecular flexibility index (Phi) is 6.25. The second-order valence-corrected chi connectivity index (χ2v) is 4.94. The molecule has 0 saturated carbocycles. The lowest BCUT2D eigenvalue weighted by atomic mass is 9.90. The topological polar surface area (TPSA) is 38.5 Å². The van der Waals surface area contributed by atoms with Crippen molar-refractivity contribution in [1.29, 1.82) is 0 Å². The van der Waals surface area contributed by atoms with Crippen LogP contribution in [0.4, 0.5) is 4.39 Å². The van der Waals surface area contributed by atoms with Crippen LogP contribution >= 0.6 is 0 Å². The molecular weight excluding hydrogens is 243 g/mol. The summed E-state index contributed by atoms with van der Waals surface area (Å²) in [5.41, 5.74) is 6.78. The summed E-state index contributed by atoms with van der Waals surface area (Å²) in [5.74, 6) is 0.315. The molecule has 0 saturated heterocycles. The molecule has 0 aliphatic carbocycles. The summed E-state index contributed by atoms with van der Waals surface area (Å²) in [7, 11) is 3.99. The predicted octanol–water partition coefficient (Wildman–Crippen LogP) is 2.81. The SMILES string of the molecule is CCOc1ccc(C(C(CC)CN)N(C)C)cc1F. The van der Waals surface area contributed by atoms with Gasteiger partial charge in [-0.1, -0.05) is 19.4 Å². The molecule has 2 unspecified atom stereocenters. The van der Waals surface area contributed by atoms with Gasteiger partial charge in [-0.2, -0.15) is 0 Å². The summed E-state index contributed by atoms with van der Waals surface area (Å²) in [6, 6.07) is 5.32. The second kappa shape index (κ2) is 7.46. The first-order chi connectivity index (χ1) is 9.04. The molecular formula is C15H25FN2O. The van der Waals surface area contributed by atoms with Crippen molar-refractivity contribution in [1.82, 2.24) is 4.90 Å². The second-order valence-electron chi connectivity index (χ2n) is 4.94. The van der Waals surface area contributed by atoms with Crippen LogP contribution in [-0.2, 0) is 0 Å². The fraction of sp³-hybridized carbons (Fsp3) is 0.600. The van der Waals surface area contributed by atoms with Gasteiger partial charge in [-0.15, -0.1) is 0 Å². The highest BCUT2D eigenvalue weighted by molar-refractivity contribution is 5.31. The van der Waals surface area contributed by atoms with Crippen LogP contribution in [0, 0.1) is 11.7 Å². The summed E-state index contributed by atoms with van der Waals surface area (Å²) in [4.78, 5) is 2.09. The molecule has 1 aromatic carbocycles. The lowest BCUT2D eigenvalue weighted by Gasteiger charge is -2.31. The quantitative estimate of drug-likeness (QED) is 0.826. The van der Waals surface area contributed by atoms with Gasteiger partial charge in [-0.25, -0.2) is 4.39 Å². The molecule has 0 radical (unpaired) electrons. The Morgan fingerprint density at radius 2 is 2.00 bits per heavy atom. The molecule has 19 heavy (non-hydrogen) atoms. The number of rotatable bonds is 7. The molecule has 0 aromatic heterocycles. The van der Waals surface area contributed by atoms with Crippen molar-refractivity contribution in [2.75, 3.05) is 27.2 Å². The van der Waals surface area contributed by atoms with Crippen LogP contribution in [0.2, 0.25) is 0 Å². The van der Waals surface area contributed by atoms with E-state index in [4.69, 9.17) is 10.5 Å². The number of benzene rings is 1. The third-order valence-corrected chi connectivity index (χ3v) is 3.43. The zero-order chi connectivity index (χ0) is 14.4. The highest BCUT2D eigenvalue weighted by Crippen LogP contribution is 2.31. The van der Waals surface area contributed by atoms with Gasteiger partial charge in [0.1, 0.15) is 0 Å². The Hall–Kier alpha value is -1.13. The highest BCUT2D eigenvalue weighted by atomic mass is 19.1. The van der Waals surface area contributed by atoms with Crippen LogP contribution in [-0.4, -0.2) is 32.1 Å². The fourth-order valence-electron chi connectivity index (χ4n) is 2.48. The standard InChI is InChI=1S/C15H25FN2O/c1-5-11(10-17)15(18(3)4)12-7-8-14(19-6-2)13(16)9-12/h7-9,11,15H,5-6,10,17H2,1-4H3. The van der Waals surface area contributed by atoms with Crippen molar-refractivity contribution >= 4 is 0 Å². The van der Waals surface area contributed by atoms with E-state index >= 15 is 0 Å². The van der Waals surface area contributed by atoms with Gasteiger partial charge in [0.15, 0.2) is 11.6 Å². The Morgan fingerprint density at radius 3 is 2.42 bits per heavy atom. The van der Waals surface area contributed by atoms with Gasteiger partial charge < -0.3 is 15.4 Å². The Morgan fingerprint density at radius 1 is 1.32 bits per heavy atom. The smallest absolute Gasteiger partial charge is 0.165 e. The van der Waals surface area contributed by atoms with Crippen LogP contribution in [0.25, 0.3) is 0 Å². The van der Waals surface area contributed by atoms with Gasteiger partial charge in [-0.05, 0) is 51.2 Å². The summed E-state index contributed by atoms with van der Waals surface area (Å²) >= 11 is 0. The summed E-state index contributed by atoms with van der Waals surface area (Å²) < 4.78 is 19.2. The molecule has 1 rings (SSSR count). The number of hydrogen-bond acceptors (Lipinski definition) is 3. The van der Waals surface area contributed by atoms with Crippen molar-refractivity contribution in [3.8, 4) is 5.75 Å². The van der Waals surface area contributed by atoms with E-state index in [1.807, 2.05) is 27.1 Å². The van der Waals surface area contributed by atoms with Gasteiger partial charge >= 0.3 is 0 Å². The van der Waals surface area contributed by atoms with Gasteiger partial charge in [0.2, 0.25) is 0 Å². The minimum Gasteiger partial charge on any atom is -0.491 e. The van der Waals surface area contributed by atoms with Crippen molar-refractivity contribution in [2.45, 2.75) is 26.3 Å². The molecule has 108 valence electrons. The molecule has 4 heteroatoms. The average Bonchev–Trinajstić information content (AvgIpc) is 2.38. The molecule has 0 bridgehead atoms. The van der Waals surface area contributed by atoms with Crippen LogP contribution in [0.5, 0.6) is 5.75 Å². The minimum absolute atomic E-state index is 0.125. The lowest BCUT2D eigenvalue weighted by Crippen LogP contribution is -2.31. The van der Waals surface area contributed by atoms with E-state index in [9.17, 15) is 4.39 Å². The van der Waals surface area contributed by atoms with Crippen molar-refractivity contribution in [3.63, 3.8) is 0 Å². The van der Waals surface area contributed by atoms with Crippen LogP contribution < -0.4 is 10.5 Å². The van der Waals surface area contributed by atoms with Crippen molar-refractivity contribution < 1.29 is 9.13 Å². The van der Waals surface area contributed by atoms with E-state index in [0.29, 0.717) is 24.8 Å². The first-order valence-electron chi connectivity index (χ1n) is 6.83. The molecule has 2 N–H and O–H groups in total. The maximum atomic E-state index is 14.0. The molecule has 0 aliphatic rings. The van der Waals surface area contributed by atoms with Crippen LogP contribution in [0.3, 0.4) is 0 Å². The van der Waals surface area contributed by atoms with E-state index in [1.165, 1.54) is 0 Å². The average molecular weight is 268 g/mol. The van der Waals surface area contributed by atoms with Gasteiger partial charge in [0.25, 0.3) is 0 Å². The minimum atomic E-state index is -0.307. The largest absolute Gasteiger partial charge is 0.491 e. The Balaban J connectivity index is 3.06. The fourth-order valence-corrected chi connectivity index (χ4v) is 2.48. The summed E-state index contributed by atoms with van der Waals surface area (Å²) in [5, 5.41) is 0. The van der Waals surface area contributed by atoms with E-state index in [2.05, 4.69) is 11.8 Å². The highest BCUT2D eigenvalue weighted by Gasteiger charge is 2.23. The first-order valence-corrected chi connectivity index (χ1v) is 6.83. The molecule has 0 heterocycles. The number of ether oxygens (including phenoxy) is 1. The number of nitrogens with zero attached hydrogens (tertiary/aromatic N) is 1. The Bertz CT molecular complexity index is 392. The molecule has 3 nitrogen and oxygen atoms in total. The Labute approximate surface area is 115 Å². The summed E-state index contributed by atoms with van der Waals surface area (Å²) in [6.07, 6.45) is 0.966. The third kappa shape index (κ3) is 3.91. The van der Waals surface area contributed by atoms with Crippen molar-refractivity contribution in [3.05, 3.63) is 29.6 Å². The van der Waals surface area contributed by atoms with Gasteiger partial charge in [0.05, 0.1) is 6.61 Å². The zero-order valence-corrected chi connectivity index (χ0v) is 12.3. The molecule has 1 aromatic rings. The normalized spacial score (nSPS) is 14.5. The molecule has 0 fully saturated rings. The summed E-state index contributed by atoms with van der Waals surface area (Å²) in [6.45, 7) is 5.01. The predicted molar refractivity (Wildman–Crippen MR) is 76.8 cm³/mol. The molecule has 2 atom stereocenters. The lowest BCUT2D eigenvalue weighted by molar-refractivity contribution is 0.210. The first kappa shape index (κ1) is 15.9. The maximum absolute atomic E-state index is 14.0. The molecule has 0 amide bonds. The van der Waals surface area contributed by atoms with E-state index < -0.39 is 0 Å². The van der Waals surface area contributed by atoms with E-state index in [1.54, 1.807) is 12.1 Å². The van der Waals surface area contributed by atoms with E-state index in [-0.39, 0.29) is 11.9 Å². The zero-order valence-electron chi connectivity index (χ0n) is 12.3.